The second-order valence-corrected chi connectivity index (χ2v) is 7.52. The molecule has 10 heteroatoms. The number of methoxy groups -OCH3 is 1. The van der Waals surface area contributed by atoms with Crippen LogP contribution in [0.2, 0.25) is 0 Å². The van der Waals surface area contributed by atoms with E-state index in [1.165, 1.54) is 0 Å². The van der Waals surface area contributed by atoms with Crippen molar-refractivity contribution >= 4 is 17.3 Å². The number of aromatic nitrogens is 4. The maximum atomic E-state index is 5.34. The topological polar surface area (TPSA) is 102 Å². The molecule has 0 aliphatic carbocycles. The van der Waals surface area contributed by atoms with Crippen LogP contribution in [0.15, 0.2) is 39.3 Å². The molecule has 0 aromatic carbocycles. The summed E-state index contributed by atoms with van der Waals surface area (Å²) in [6.45, 7) is 6.01. The predicted octanol–water partition coefficient (Wildman–Crippen LogP) is 2.94. The molecule has 0 saturated heterocycles. The van der Waals surface area contributed by atoms with Gasteiger partial charge in [-0.3, -0.25) is 9.98 Å². The number of ether oxygens (including phenoxy) is 1. The lowest BCUT2D eigenvalue weighted by molar-refractivity contribution is 0.119. The Kier molecular flexibility index (Phi) is 7.86. The number of nitrogens with zero attached hydrogens (tertiary/aromatic N) is 6. The number of nitrogens with one attached hydrogen (secondary N) is 1. The molecule has 3 rings (SSSR count). The number of aliphatic imine (C=N–C) groups is 1. The van der Waals surface area contributed by atoms with Crippen LogP contribution in [0.4, 0.5) is 0 Å². The van der Waals surface area contributed by atoms with E-state index in [2.05, 4.69) is 35.7 Å². The highest BCUT2D eigenvalue weighted by Gasteiger charge is 2.13. The van der Waals surface area contributed by atoms with Gasteiger partial charge >= 0.3 is 0 Å². The highest BCUT2D eigenvalue weighted by Crippen LogP contribution is 2.21. The van der Waals surface area contributed by atoms with E-state index in [4.69, 9.17) is 14.3 Å². The van der Waals surface area contributed by atoms with Gasteiger partial charge in [0.2, 0.25) is 0 Å². The zero-order valence-electron chi connectivity index (χ0n) is 17.7. The lowest BCUT2D eigenvalue weighted by Gasteiger charge is -2.21. The largest absolute Gasteiger partial charge is 0.375 e. The van der Waals surface area contributed by atoms with Crippen molar-refractivity contribution in [3.05, 3.63) is 46.3 Å². The molecule has 0 amide bonds. The molecule has 0 saturated carbocycles. The third-order valence-electron chi connectivity index (χ3n) is 4.32. The van der Waals surface area contributed by atoms with E-state index in [-0.39, 0.29) is 6.10 Å². The molecule has 0 fully saturated rings. The van der Waals surface area contributed by atoms with Crippen LogP contribution in [0.1, 0.15) is 36.5 Å². The van der Waals surface area contributed by atoms with Crippen LogP contribution >= 0.6 is 11.3 Å². The van der Waals surface area contributed by atoms with Gasteiger partial charge in [0.1, 0.15) is 16.8 Å². The molecule has 1 unspecified atom stereocenters. The Morgan fingerprint density at radius 2 is 2.23 bits per heavy atom. The van der Waals surface area contributed by atoms with Gasteiger partial charge in [0.25, 0.3) is 5.89 Å². The average molecular weight is 430 g/mol. The molecule has 0 spiro atoms. The summed E-state index contributed by atoms with van der Waals surface area (Å²) < 4.78 is 10.6. The predicted molar refractivity (Wildman–Crippen MR) is 116 cm³/mol. The Morgan fingerprint density at radius 3 is 2.97 bits per heavy atom. The Bertz CT molecular complexity index is 942. The Hall–Kier alpha value is -2.85. The SMILES string of the molecule is CCNC(=NCCc1noc(-c2ccccn2)n1)N(C)Cc1csc(C(C)OC)n1. The third kappa shape index (κ3) is 5.83. The Balaban J connectivity index is 1.58. The summed E-state index contributed by atoms with van der Waals surface area (Å²) in [5.74, 6) is 1.83. The number of pyridine rings is 1. The normalized spacial score (nSPS) is 12.7. The first-order valence-electron chi connectivity index (χ1n) is 9.81. The second-order valence-electron chi connectivity index (χ2n) is 6.63. The maximum Gasteiger partial charge on any atom is 0.276 e. The highest BCUT2D eigenvalue weighted by atomic mass is 32.1. The van der Waals surface area contributed by atoms with E-state index < -0.39 is 0 Å². The van der Waals surface area contributed by atoms with Crippen molar-refractivity contribution < 1.29 is 9.26 Å². The van der Waals surface area contributed by atoms with Crippen LogP contribution < -0.4 is 5.32 Å². The number of hydrogen-bond donors (Lipinski definition) is 1. The van der Waals surface area contributed by atoms with Crippen LogP contribution in [0.5, 0.6) is 0 Å². The van der Waals surface area contributed by atoms with Gasteiger partial charge in [-0.2, -0.15) is 4.98 Å². The van der Waals surface area contributed by atoms with Gasteiger partial charge in [0, 0.05) is 45.2 Å². The summed E-state index contributed by atoms with van der Waals surface area (Å²) >= 11 is 1.61. The van der Waals surface area contributed by atoms with Crippen molar-refractivity contribution in [2.24, 2.45) is 4.99 Å². The molecule has 1 N–H and O–H groups in total. The first-order chi connectivity index (χ1) is 14.6. The fraction of sp³-hybridized carbons (Fsp3) is 0.450. The number of rotatable bonds is 9. The smallest absolute Gasteiger partial charge is 0.276 e. The lowest BCUT2D eigenvalue weighted by atomic mass is 10.3. The Labute approximate surface area is 180 Å². The van der Waals surface area contributed by atoms with Crippen molar-refractivity contribution in [2.45, 2.75) is 32.9 Å². The van der Waals surface area contributed by atoms with Gasteiger partial charge in [-0.1, -0.05) is 11.2 Å². The molecule has 0 radical (unpaired) electrons. The van der Waals surface area contributed by atoms with Crippen molar-refractivity contribution in [3.63, 3.8) is 0 Å². The van der Waals surface area contributed by atoms with Crippen LogP contribution in [0.25, 0.3) is 11.6 Å². The summed E-state index contributed by atoms with van der Waals surface area (Å²) in [5, 5.41) is 10.4. The number of hydrogen-bond acceptors (Lipinski definition) is 8. The molecule has 3 heterocycles. The van der Waals surface area contributed by atoms with E-state index in [1.807, 2.05) is 39.1 Å². The molecule has 1 atom stereocenters. The molecule has 0 aliphatic heterocycles. The molecular weight excluding hydrogens is 402 g/mol. The van der Waals surface area contributed by atoms with Gasteiger partial charge in [-0.15, -0.1) is 11.3 Å². The lowest BCUT2D eigenvalue weighted by Crippen LogP contribution is -2.38. The van der Waals surface area contributed by atoms with Crippen molar-refractivity contribution in [1.82, 2.24) is 30.3 Å². The van der Waals surface area contributed by atoms with Crippen LogP contribution in [-0.4, -0.2) is 58.2 Å². The molecule has 0 bridgehead atoms. The van der Waals surface area contributed by atoms with Gasteiger partial charge in [-0.25, -0.2) is 4.98 Å². The molecule has 3 aromatic heterocycles. The summed E-state index contributed by atoms with van der Waals surface area (Å²) in [6.07, 6.45) is 2.27. The molecule has 160 valence electrons. The van der Waals surface area contributed by atoms with Gasteiger partial charge in [0.05, 0.1) is 12.2 Å². The van der Waals surface area contributed by atoms with Crippen LogP contribution in [0.3, 0.4) is 0 Å². The fourth-order valence-corrected chi connectivity index (χ4v) is 3.52. The Morgan fingerprint density at radius 1 is 1.37 bits per heavy atom. The molecule has 9 nitrogen and oxygen atoms in total. The van der Waals surface area contributed by atoms with Crippen molar-refractivity contribution in [1.29, 1.82) is 0 Å². The van der Waals surface area contributed by atoms with Crippen LogP contribution in [-0.2, 0) is 17.7 Å². The zero-order valence-corrected chi connectivity index (χ0v) is 18.5. The fourth-order valence-electron chi connectivity index (χ4n) is 2.68. The van der Waals surface area contributed by atoms with Gasteiger partial charge in [-0.05, 0) is 26.0 Å². The third-order valence-corrected chi connectivity index (χ3v) is 5.37. The number of guanidine groups is 1. The van der Waals surface area contributed by atoms with Crippen LogP contribution in [0, 0.1) is 0 Å². The minimum Gasteiger partial charge on any atom is -0.375 e. The minimum atomic E-state index is 0.00176. The standard InChI is InChI=1S/C20H27N7O2S/c1-5-21-20(27(3)12-15-13-30-19(24-15)14(2)28-4)23-11-9-17-25-18(29-26-17)16-8-6-7-10-22-16/h6-8,10,13-14H,5,9,11-12H2,1-4H3,(H,21,23). The van der Waals surface area contributed by atoms with E-state index in [1.54, 1.807) is 24.6 Å². The molecule has 0 aliphatic rings. The van der Waals surface area contributed by atoms with E-state index in [0.29, 0.717) is 36.9 Å². The first-order valence-corrected chi connectivity index (χ1v) is 10.7. The van der Waals surface area contributed by atoms with E-state index >= 15 is 0 Å². The second kappa shape index (κ2) is 10.8. The van der Waals surface area contributed by atoms with E-state index in [9.17, 15) is 0 Å². The van der Waals surface area contributed by atoms with Crippen molar-refractivity contribution in [3.8, 4) is 11.6 Å². The highest BCUT2D eigenvalue weighted by molar-refractivity contribution is 7.09. The molecule has 30 heavy (non-hydrogen) atoms. The summed E-state index contributed by atoms with van der Waals surface area (Å²) in [6, 6.07) is 5.57. The zero-order chi connectivity index (χ0) is 21.3. The maximum absolute atomic E-state index is 5.34. The first kappa shape index (κ1) is 21.8. The van der Waals surface area contributed by atoms with Gasteiger partial charge < -0.3 is 19.5 Å². The minimum absolute atomic E-state index is 0.00176. The van der Waals surface area contributed by atoms with Crippen molar-refractivity contribution in [2.75, 3.05) is 27.2 Å². The van der Waals surface area contributed by atoms with E-state index in [0.717, 1.165) is 23.2 Å². The molecular formula is C20H27N7O2S. The molecule has 3 aromatic rings. The van der Waals surface area contributed by atoms with Gasteiger partial charge in [0.15, 0.2) is 11.8 Å². The average Bonchev–Trinajstić information content (AvgIpc) is 3.43. The quantitative estimate of drug-likeness (QED) is 0.409. The number of thiazole rings is 1. The monoisotopic (exact) mass is 429 g/mol. The summed E-state index contributed by atoms with van der Waals surface area (Å²) in [4.78, 5) is 20.0. The summed E-state index contributed by atoms with van der Waals surface area (Å²) in [7, 11) is 3.69. The summed E-state index contributed by atoms with van der Waals surface area (Å²) in [5.41, 5.74) is 1.66.